The van der Waals surface area contributed by atoms with Crippen LogP contribution in [0.15, 0.2) is 29.8 Å². The molecule has 4 aliphatic carbocycles. The number of benzene rings is 1. The predicted molar refractivity (Wildman–Crippen MR) is 116 cm³/mol. The summed E-state index contributed by atoms with van der Waals surface area (Å²) in [5, 5.41) is 9.47. The molecule has 1 atom stereocenters. The highest BCUT2D eigenvalue weighted by Crippen LogP contribution is 2.60. The van der Waals surface area contributed by atoms with Gasteiger partial charge >= 0.3 is 5.97 Å². The number of nitriles is 1. The van der Waals surface area contributed by atoms with Crippen molar-refractivity contribution in [1.29, 1.82) is 5.26 Å². The van der Waals surface area contributed by atoms with E-state index < -0.39 is 12.1 Å². The van der Waals surface area contributed by atoms with Crippen LogP contribution in [0.1, 0.15) is 51.0 Å². The monoisotopic (exact) mass is 406 g/mol. The molecule has 0 aliphatic heterocycles. The van der Waals surface area contributed by atoms with Gasteiger partial charge in [-0.3, -0.25) is 4.79 Å². The summed E-state index contributed by atoms with van der Waals surface area (Å²) < 4.78 is 5.50. The van der Waals surface area contributed by atoms with E-state index in [1.807, 2.05) is 49.3 Å². The fraction of sp³-hybridized carbons (Fsp3) is 0.560. The molecule has 0 N–H and O–H groups in total. The highest BCUT2D eigenvalue weighted by Gasteiger charge is 2.55. The lowest BCUT2D eigenvalue weighted by atomic mass is 9.48. The molecule has 1 aromatic carbocycles. The maximum Gasteiger partial charge on any atom is 0.349 e. The van der Waals surface area contributed by atoms with E-state index in [0.29, 0.717) is 17.8 Å². The standard InChI is InChI=1S/C25H30N2O3/c1-16(23(28)25-12-18-8-19(13-25)10-20(9-18)14-25)30-24(29)21(15-26)11-17-4-6-22(7-5-17)27(2)3/h4-7,11,16,18-20H,8-10,12-14H2,1-3H3/b21-11+/t16-,18?,19?,20?,25?/m0/s1. The van der Waals surface area contributed by atoms with Gasteiger partial charge in [0, 0.05) is 25.2 Å². The van der Waals surface area contributed by atoms with Crippen LogP contribution in [0.4, 0.5) is 5.69 Å². The van der Waals surface area contributed by atoms with Gasteiger partial charge in [0.1, 0.15) is 11.6 Å². The summed E-state index contributed by atoms with van der Waals surface area (Å²) in [6.07, 6.45) is 7.31. The Morgan fingerprint density at radius 3 is 2.10 bits per heavy atom. The Bertz CT molecular complexity index is 872. The molecule has 0 amide bonds. The second-order valence-electron chi connectivity index (χ2n) is 9.77. The maximum atomic E-state index is 13.3. The molecule has 0 saturated heterocycles. The molecular formula is C25H30N2O3. The summed E-state index contributed by atoms with van der Waals surface area (Å²) in [6, 6.07) is 9.48. The lowest BCUT2D eigenvalue weighted by Crippen LogP contribution is -2.52. The van der Waals surface area contributed by atoms with Gasteiger partial charge in [-0.05, 0) is 87.0 Å². The molecule has 0 aromatic heterocycles. The van der Waals surface area contributed by atoms with Crippen LogP contribution in [-0.2, 0) is 14.3 Å². The first-order chi connectivity index (χ1) is 14.3. The fourth-order valence-corrected chi connectivity index (χ4v) is 6.29. The quantitative estimate of drug-likeness (QED) is 0.398. The number of ether oxygens (including phenoxy) is 1. The van der Waals surface area contributed by atoms with Crippen LogP contribution in [0.3, 0.4) is 0 Å². The first kappa shape index (κ1) is 20.7. The molecule has 1 aromatic rings. The minimum Gasteiger partial charge on any atom is -0.451 e. The van der Waals surface area contributed by atoms with Gasteiger partial charge in [-0.2, -0.15) is 5.26 Å². The zero-order valence-electron chi connectivity index (χ0n) is 18.1. The lowest BCUT2D eigenvalue weighted by molar-refractivity contribution is -0.162. The van der Waals surface area contributed by atoms with Crippen LogP contribution in [0, 0.1) is 34.5 Å². The van der Waals surface area contributed by atoms with Crippen LogP contribution in [0.2, 0.25) is 0 Å². The zero-order valence-corrected chi connectivity index (χ0v) is 18.1. The van der Waals surface area contributed by atoms with E-state index >= 15 is 0 Å². The van der Waals surface area contributed by atoms with Gasteiger partial charge in [0.05, 0.1) is 0 Å². The first-order valence-electron chi connectivity index (χ1n) is 10.9. The average molecular weight is 407 g/mol. The molecule has 4 bridgehead atoms. The van der Waals surface area contributed by atoms with Gasteiger partial charge in [-0.15, -0.1) is 0 Å². The van der Waals surface area contributed by atoms with E-state index in [9.17, 15) is 14.9 Å². The number of nitrogens with zero attached hydrogens (tertiary/aromatic N) is 2. The first-order valence-corrected chi connectivity index (χ1v) is 10.9. The lowest BCUT2D eigenvalue weighted by Gasteiger charge is -2.56. The Morgan fingerprint density at radius 2 is 1.63 bits per heavy atom. The molecule has 0 spiro atoms. The van der Waals surface area contributed by atoms with Crippen LogP contribution in [0.5, 0.6) is 0 Å². The molecule has 4 fully saturated rings. The van der Waals surface area contributed by atoms with Crippen LogP contribution in [0.25, 0.3) is 6.08 Å². The predicted octanol–water partition coefficient (Wildman–Crippen LogP) is 4.38. The highest BCUT2D eigenvalue weighted by molar-refractivity contribution is 6.00. The van der Waals surface area contributed by atoms with E-state index in [4.69, 9.17) is 4.74 Å². The summed E-state index contributed by atoms with van der Waals surface area (Å²) in [6.45, 7) is 1.67. The van der Waals surface area contributed by atoms with Crippen molar-refractivity contribution < 1.29 is 14.3 Å². The van der Waals surface area contributed by atoms with Crippen LogP contribution >= 0.6 is 0 Å². The second-order valence-corrected chi connectivity index (χ2v) is 9.77. The summed E-state index contributed by atoms with van der Waals surface area (Å²) in [5.41, 5.74) is 1.38. The number of esters is 1. The van der Waals surface area contributed by atoms with E-state index in [1.54, 1.807) is 6.92 Å². The van der Waals surface area contributed by atoms with Gasteiger partial charge in [-0.25, -0.2) is 4.79 Å². The normalized spacial score (nSPS) is 30.5. The molecule has 0 unspecified atom stereocenters. The fourth-order valence-electron chi connectivity index (χ4n) is 6.29. The van der Waals surface area contributed by atoms with Crippen LogP contribution in [-0.4, -0.2) is 32.0 Å². The number of anilines is 1. The third kappa shape index (κ3) is 3.88. The van der Waals surface area contributed by atoms with E-state index in [2.05, 4.69) is 0 Å². The highest BCUT2D eigenvalue weighted by atomic mass is 16.5. The van der Waals surface area contributed by atoms with Gasteiger partial charge in [0.15, 0.2) is 11.9 Å². The summed E-state index contributed by atoms with van der Waals surface area (Å²) in [5.74, 6) is 1.30. The molecular weight excluding hydrogens is 376 g/mol. The number of rotatable bonds is 6. The summed E-state index contributed by atoms with van der Waals surface area (Å²) >= 11 is 0. The van der Waals surface area contributed by atoms with Crippen molar-refractivity contribution in [2.75, 3.05) is 19.0 Å². The Labute approximate surface area is 178 Å². The number of carbonyl (C=O) groups excluding carboxylic acids is 2. The summed E-state index contributed by atoms with van der Waals surface area (Å²) in [7, 11) is 3.90. The molecule has 4 aliphatic rings. The number of hydrogen-bond donors (Lipinski definition) is 0. The average Bonchev–Trinajstić information content (AvgIpc) is 2.70. The molecule has 5 heteroatoms. The summed E-state index contributed by atoms with van der Waals surface area (Å²) in [4.78, 5) is 27.9. The van der Waals surface area contributed by atoms with Crippen molar-refractivity contribution in [3.05, 3.63) is 35.4 Å². The number of carbonyl (C=O) groups is 2. The van der Waals surface area contributed by atoms with Crippen molar-refractivity contribution in [2.24, 2.45) is 23.2 Å². The van der Waals surface area contributed by atoms with E-state index in [1.165, 1.54) is 25.3 Å². The molecule has 30 heavy (non-hydrogen) atoms. The molecule has 5 rings (SSSR count). The topological polar surface area (TPSA) is 70.4 Å². The minimum atomic E-state index is -0.818. The SMILES string of the molecule is C[C@H](OC(=O)/C(C#N)=C/c1ccc(N(C)C)cc1)C(=O)C12CC3CC(CC(C3)C1)C2. The van der Waals surface area contributed by atoms with Crippen molar-refractivity contribution in [1.82, 2.24) is 0 Å². The Balaban J connectivity index is 1.44. The van der Waals surface area contributed by atoms with Crippen molar-refractivity contribution in [2.45, 2.75) is 51.6 Å². The zero-order chi connectivity index (χ0) is 21.5. The van der Waals surface area contributed by atoms with Gasteiger partial charge in [0.25, 0.3) is 0 Å². The molecule has 0 radical (unpaired) electrons. The molecule has 4 saturated carbocycles. The van der Waals surface area contributed by atoms with Crippen molar-refractivity contribution in [3.8, 4) is 6.07 Å². The van der Waals surface area contributed by atoms with Gasteiger partial charge < -0.3 is 9.64 Å². The Kier molecular flexibility index (Phi) is 5.44. The molecule has 158 valence electrons. The third-order valence-corrected chi connectivity index (χ3v) is 7.27. The number of hydrogen-bond acceptors (Lipinski definition) is 5. The number of Topliss-reactive ketones (excluding diaryl/α,β-unsaturated/α-hetero) is 1. The Hall–Kier alpha value is -2.61. The van der Waals surface area contributed by atoms with Gasteiger partial charge in [-0.1, -0.05) is 12.1 Å². The largest absolute Gasteiger partial charge is 0.451 e. The smallest absolute Gasteiger partial charge is 0.349 e. The molecule has 5 nitrogen and oxygen atoms in total. The number of ketones is 1. The van der Waals surface area contributed by atoms with E-state index in [0.717, 1.165) is 30.5 Å². The Morgan fingerprint density at radius 1 is 1.10 bits per heavy atom. The van der Waals surface area contributed by atoms with Gasteiger partial charge in [0.2, 0.25) is 0 Å². The minimum absolute atomic E-state index is 0.0579. The molecule has 0 heterocycles. The second kappa shape index (κ2) is 7.91. The third-order valence-electron chi connectivity index (χ3n) is 7.27. The van der Waals surface area contributed by atoms with Crippen LogP contribution < -0.4 is 4.90 Å². The van der Waals surface area contributed by atoms with E-state index in [-0.39, 0.29) is 16.8 Å². The van der Waals surface area contributed by atoms with Crippen molar-refractivity contribution in [3.63, 3.8) is 0 Å². The maximum absolute atomic E-state index is 13.3. The van der Waals surface area contributed by atoms with Crippen molar-refractivity contribution >= 4 is 23.5 Å².